The van der Waals surface area contributed by atoms with Crippen LogP contribution in [0.5, 0.6) is 0 Å². The SMILES string of the molecule is Cc1nnc(N2CC(C(=O)NCc3ccc(C(F)(F)F)cc3)CC2=O)s1. The summed E-state index contributed by atoms with van der Waals surface area (Å²) in [5, 5.41) is 11.6. The quantitative estimate of drug-likeness (QED) is 0.879. The molecule has 0 saturated carbocycles. The van der Waals surface area contributed by atoms with Gasteiger partial charge in [0.25, 0.3) is 0 Å². The van der Waals surface area contributed by atoms with Crippen LogP contribution >= 0.6 is 11.3 Å². The molecule has 0 radical (unpaired) electrons. The number of halogens is 3. The van der Waals surface area contributed by atoms with Gasteiger partial charge in [0, 0.05) is 19.5 Å². The average Bonchev–Trinajstić information content (AvgIpc) is 3.18. The maximum atomic E-state index is 12.5. The average molecular weight is 384 g/mol. The molecule has 1 saturated heterocycles. The van der Waals surface area contributed by atoms with Crippen LogP contribution < -0.4 is 10.2 Å². The van der Waals surface area contributed by atoms with Crippen LogP contribution in [-0.4, -0.2) is 28.6 Å². The minimum atomic E-state index is -4.39. The minimum absolute atomic E-state index is 0.0669. The zero-order chi connectivity index (χ0) is 18.9. The second-order valence-corrected chi connectivity index (χ2v) is 7.08. The monoisotopic (exact) mass is 384 g/mol. The Bertz CT molecular complexity index is 820. The van der Waals surface area contributed by atoms with Gasteiger partial charge in [-0.2, -0.15) is 13.2 Å². The van der Waals surface area contributed by atoms with Crippen LogP contribution in [-0.2, 0) is 22.3 Å². The summed E-state index contributed by atoms with van der Waals surface area (Å²) in [6, 6.07) is 4.58. The highest BCUT2D eigenvalue weighted by molar-refractivity contribution is 7.15. The molecule has 1 aromatic heterocycles. The lowest BCUT2D eigenvalue weighted by atomic mass is 10.1. The van der Waals surface area contributed by atoms with Gasteiger partial charge in [-0.15, -0.1) is 10.2 Å². The van der Waals surface area contributed by atoms with Crippen molar-refractivity contribution in [2.24, 2.45) is 5.92 Å². The molecule has 0 aliphatic carbocycles. The van der Waals surface area contributed by atoms with Crippen molar-refractivity contribution in [2.75, 3.05) is 11.4 Å². The number of hydrogen-bond acceptors (Lipinski definition) is 5. The molecule has 2 aromatic rings. The highest BCUT2D eigenvalue weighted by Gasteiger charge is 2.36. The summed E-state index contributed by atoms with van der Waals surface area (Å²) in [6.07, 6.45) is -4.32. The van der Waals surface area contributed by atoms with Crippen molar-refractivity contribution in [3.8, 4) is 0 Å². The number of hydrogen-bond donors (Lipinski definition) is 1. The van der Waals surface area contributed by atoms with E-state index >= 15 is 0 Å². The normalized spacial score (nSPS) is 17.6. The predicted octanol–water partition coefficient (Wildman–Crippen LogP) is 2.53. The number of aromatic nitrogens is 2. The number of amides is 2. The van der Waals surface area contributed by atoms with Gasteiger partial charge in [0.1, 0.15) is 5.01 Å². The van der Waals surface area contributed by atoms with E-state index < -0.39 is 17.7 Å². The van der Waals surface area contributed by atoms with Crippen LogP contribution in [0.4, 0.5) is 18.3 Å². The molecule has 2 heterocycles. The Morgan fingerprint density at radius 2 is 2.00 bits per heavy atom. The maximum absolute atomic E-state index is 12.5. The molecule has 1 aliphatic rings. The van der Waals surface area contributed by atoms with Crippen molar-refractivity contribution in [2.45, 2.75) is 26.1 Å². The molecule has 1 aromatic carbocycles. The molecular formula is C16H15F3N4O2S. The third-order valence-electron chi connectivity index (χ3n) is 3.99. The van der Waals surface area contributed by atoms with Gasteiger partial charge in [-0.3, -0.25) is 14.5 Å². The lowest BCUT2D eigenvalue weighted by molar-refractivity contribution is -0.137. The Hall–Kier alpha value is -2.49. The molecule has 0 spiro atoms. The fourth-order valence-electron chi connectivity index (χ4n) is 2.61. The third kappa shape index (κ3) is 4.01. The third-order valence-corrected chi connectivity index (χ3v) is 4.85. The van der Waals surface area contributed by atoms with Crippen molar-refractivity contribution in [1.29, 1.82) is 0 Å². The number of alkyl halides is 3. The van der Waals surface area contributed by atoms with Crippen LogP contribution in [0.25, 0.3) is 0 Å². The van der Waals surface area contributed by atoms with Crippen molar-refractivity contribution >= 4 is 28.3 Å². The maximum Gasteiger partial charge on any atom is 0.416 e. The van der Waals surface area contributed by atoms with Gasteiger partial charge in [0.2, 0.25) is 16.9 Å². The minimum Gasteiger partial charge on any atom is -0.352 e. The molecule has 2 amide bonds. The van der Waals surface area contributed by atoms with E-state index in [1.165, 1.54) is 28.4 Å². The zero-order valence-electron chi connectivity index (χ0n) is 13.7. The number of nitrogens with zero attached hydrogens (tertiary/aromatic N) is 3. The summed E-state index contributed by atoms with van der Waals surface area (Å²) >= 11 is 1.28. The van der Waals surface area contributed by atoms with Crippen LogP contribution in [0.2, 0.25) is 0 Å². The van der Waals surface area contributed by atoms with Crippen molar-refractivity contribution in [3.05, 3.63) is 40.4 Å². The first-order chi connectivity index (χ1) is 12.2. The Kier molecular flexibility index (Phi) is 4.94. The fraction of sp³-hybridized carbons (Fsp3) is 0.375. The summed E-state index contributed by atoms with van der Waals surface area (Å²) < 4.78 is 37.6. The van der Waals surface area contributed by atoms with E-state index in [4.69, 9.17) is 0 Å². The summed E-state index contributed by atoms with van der Waals surface area (Å²) in [7, 11) is 0. The van der Waals surface area contributed by atoms with Gasteiger partial charge in [-0.1, -0.05) is 23.5 Å². The number of benzene rings is 1. The Morgan fingerprint density at radius 3 is 2.58 bits per heavy atom. The molecule has 1 unspecified atom stereocenters. The van der Waals surface area contributed by atoms with Gasteiger partial charge < -0.3 is 5.32 Å². The van der Waals surface area contributed by atoms with Gasteiger partial charge in [0.05, 0.1) is 11.5 Å². The summed E-state index contributed by atoms with van der Waals surface area (Å²) in [5.74, 6) is -1.04. The van der Waals surface area contributed by atoms with E-state index in [0.717, 1.165) is 17.1 Å². The number of anilines is 1. The Balaban J connectivity index is 1.56. The van der Waals surface area contributed by atoms with Crippen molar-refractivity contribution in [1.82, 2.24) is 15.5 Å². The van der Waals surface area contributed by atoms with E-state index in [1.807, 2.05) is 0 Å². The number of carbonyl (C=O) groups excluding carboxylic acids is 2. The molecule has 3 rings (SSSR count). The van der Waals surface area contributed by atoms with Gasteiger partial charge in [-0.25, -0.2) is 0 Å². The van der Waals surface area contributed by atoms with Crippen molar-refractivity contribution < 1.29 is 22.8 Å². The molecule has 1 N–H and O–H groups in total. The first-order valence-corrected chi connectivity index (χ1v) is 8.60. The van der Waals surface area contributed by atoms with Gasteiger partial charge >= 0.3 is 6.18 Å². The summed E-state index contributed by atoms with van der Waals surface area (Å²) in [4.78, 5) is 25.8. The second-order valence-electron chi connectivity index (χ2n) is 5.92. The van der Waals surface area contributed by atoms with E-state index in [2.05, 4.69) is 15.5 Å². The lowest BCUT2D eigenvalue weighted by Gasteiger charge is -2.13. The van der Waals surface area contributed by atoms with E-state index in [1.54, 1.807) is 6.92 Å². The van der Waals surface area contributed by atoms with Crippen LogP contribution in [0.1, 0.15) is 22.6 Å². The number of aryl methyl sites for hydroxylation is 1. The van der Waals surface area contributed by atoms with Crippen LogP contribution in [0.3, 0.4) is 0 Å². The molecule has 1 atom stereocenters. The molecule has 1 aliphatic heterocycles. The highest BCUT2D eigenvalue weighted by atomic mass is 32.1. The van der Waals surface area contributed by atoms with E-state index in [9.17, 15) is 22.8 Å². The van der Waals surface area contributed by atoms with E-state index in [0.29, 0.717) is 10.7 Å². The molecule has 1 fully saturated rings. The number of rotatable bonds is 4. The largest absolute Gasteiger partial charge is 0.416 e. The van der Waals surface area contributed by atoms with Crippen molar-refractivity contribution in [3.63, 3.8) is 0 Å². The lowest BCUT2D eigenvalue weighted by Crippen LogP contribution is -2.32. The smallest absolute Gasteiger partial charge is 0.352 e. The van der Waals surface area contributed by atoms with Crippen LogP contribution in [0, 0.1) is 12.8 Å². The number of nitrogens with one attached hydrogen (secondary N) is 1. The van der Waals surface area contributed by atoms with Crippen LogP contribution in [0.15, 0.2) is 24.3 Å². The molecule has 6 nitrogen and oxygen atoms in total. The molecule has 26 heavy (non-hydrogen) atoms. The van der Waals surface area contributed by atoms with Gasteiger partial charge in [0.15, 0.2) is 0 Å². The fourth-order valence-corrected chi connectivity index (χ4v) is 3.32. The topological polar surface area (TPSA) is 75.2 Å². The Morgan fingerprint density at radius 1 is 1.31 bits per heavy atom. The van der Waals surface area contributed by atoms with E-state index in [-0.39, 0.29) is 31.3 Å². The highest BCUT2D eigenvalue weighted by Crippen LogP contribution is 2.29. The Labute approximate surface area is 151 Å². The molecule has 0 bridgehead atoms. The molecule has 10 heteroatoms. The summed E-state index contributed by atoms with van der Waals surface area (Å²) in [5.41, 5.74) is -0.191. The second kappa shape index (κ2) is 7.02. The summed E-state index contributed by atoms with van der Waals surface area (Å²) in [6.45, 7) is 2.09. The zero-order valence-corrected chi connectivity index (χ0v) is 14.5. The molecular weight excluding hydrogens is 369 g/mol. The first kappa shape index (κ1) is 18.3. The first-order valence-electron chi connectivity index (χ1n) is 7.78. The standard InChI is InChI=1S/C16H15F3N4O2S/c1-9-21-22-15(26-9)23-8-11(6-13(23)24)14(25)20-7-10-2-4-12(5-3-10)16(17,18)19/h2-5,11H,6-8H2,1H3,(H,20,25). The predicted molar refractivity (Wildman–Crippen MR) is 88.4 cm³/mol. The van der Waals surface area contributed by atoms with Gasteiger partial charge in [-0.05, 0) is 24.6 Å². The molecule has 138 valence electrons. The number of carbonyl (C=O) groups is 2.